The zero-order valence-electron chi connectivity index (χ0n) is 20.0. The number of benzene rings is 4. The van der Waals surface area contributed by atoms with Gasteiger partial charge in [-0.05, 0) is 73.5 Å². The van der Waals surface area contributed by atoms with Gasteiger partial charge in [-0.2, -0.15) is 0 Å². The Hall–Kier alpha value is -3.95. The highest BCUT2D eigenvalue weighted by molar-refractivity contribution is 7.95. The quantitative estimate of drug-likeness (QED) is 0.136. The number of hydrogen-bond acceptors (Lipinski definition) is 3. The Kier molecular flexibility index (Phi) is 8.48. The summed E-state index contributed by atoms with van der Waals surface area (Å²) in [6.07, 6.45) is 2.92. The van der Waals surface area contributed by atoms with Gasteiger partial charge in [0.1, 0.15) is 28.9 Å². The van der Waals surface area contributed by atoms with Gasteiger partial charge in [-0.15, -0.1) is 0 Å². The van der Waals surface area contributed by atoms with Crippen molar-refractivity contribution in [3.05, 3.63) is 115 Å². The lowest BCUT2D eigenvalue weighted by molar-refractivity contribution is -0.134. The van der Waals surface area contributed by atoms with E-state index in [1.165, 1.54) is 15.9 Å². The predicted octanol–water partition coefficient (Wildman–Crippen LogP) is 5.25. The van der Waals surface area contributed by atoms with Crippen molar-refractivity contribution in [1.82, 2.24) is 0 Å². The van der Waals surface area contributed by atoms with Gasteiger partial charge >= 0.3 is 12.0 Å². The molecule has 0 saturated carbocycles. The molecule has 2 amide bonds. The highest BCUT2D eigenvalue weighted by atomic mass is 31.2. The predicted molar refractivity (Wildman–Crippen MR) is 149 cm³/mol. The molecular weight excluding hydrogens is 467 g/mol. The normalized spacial score (nSPS) is 11.0. The largest absolute Gasteiger partial charge is 0.427 e. The summed E-state index contributed by atoms with van der Waals surface area (Å²) in [6, 6.07) is 38.2. The van der Waals surface area contributed by atoms with Crippen molar-refractivity contribution in [2.24, 2.45) is 5.73 Å². The molecule has 0 aliphatic rings. The minimum Gasteiger partial charge on any atom is -0.427 e. The van der Waals surface area contributed by atoms with Gasteiger partial charge in [0.2, 0.25) is 0 Å². The summed E-state index contributed by atoms with van der Waals surface area (Å²) in [4.78, 5) is 23.5. The molecule has 0 bridgehead atoms. The summed E-state index contributed by atoms with van der Waals surface area (Å²) in [5, 5.41) is 6.51. The molecule has 4 aromatic carbocycles. The van der Waals surface area contributed by atoms with Gasteiger partial charge in [0, 0.05) is 12.1 Å². The SMILES string of the molecule is NC(=O)Nc1ccc(OC(=O)CCCC[P+](c2ccccc2)(c2ccccc2)c2ccccc2)cc1. The van der Waals surface area contributed by atoms with Gasteiger partial charge in [-0.3, -0.25) is 4.79 Å². The molecule has 4 aromatic rings. The molecule has 4 rings (SSSR count). The standard InChI is InChI=1S/C30H29N2O3P/c31-30(34)32-24-19-21-25(22-20-24)35-29(33)18-10-11-23-36(26-12-4-1-5-13-26,27-14-6-2-7-15-27)28-16-8-3-9-17-28/h1-9,12-17,19-22H,10-11,18,23H2,(H2-,31,32,34)/p+1. The number of rotatable bonds is 10. The first-order chi connectivity index (χ1) is 17.6. The fourth-order valence-electron chi connectivity index (χ4n) is 4.43. The molecule has 3 N–H and O–H groups in total. The third kappa shape index (κ3) is 6.18. The van der Waals surface area contributed by atoms with Gasteiger partial charge in [0.25, 0.3) is 0 Å². The molecule has 0 saturated heterocycles. The summed E-state index contributed by atoms with van der Waals surface area (Å²) in [6.45, 7) is 0. The van der Waals surface area contributed by atoms with Crippen LogP contribution < -0.4 is 31.7 Å². The maximum absolute atomic E-state index is 12.5. The second kappa shape index (κ2) is 12.1. The van der Waals surface area contributed by atoms with Crippen molar-refractivity contribution < 1.29 is 14.3 Å². The summed E-state index contributed by atoms with van der Waals surface area (Å²) in [5.41, 5.74) is 5.67. The smallest absolute Gasteiger partial charge is 0.316 e. The van der Waals surface area contributed by atoms with Crippen LogP contribution in [0.5, 0.6) is 5.75 Å². The second-order valence-corrected chi connectivity index (χ2v) is 12.1. The van der Waals surface area contributed by atoms with E-state index in [1.54, 1.807) is 24.3 Å². The number of anilines is 1. The highest BCUT2D eigenvalue weighted by Gasteiger charge is 2.44. The van der Waals surface area contributed by atoms with Crippen molar-refractivity contribution in [2.45, 2.75) is 19.3 Å². The van der Waals surface area contributed by atoms with E-state index < -0.39 is 13.3 Å². The molecule has 6 heteroatoms. The third-order valence-corrected chi connectivity index (χ3v) is 10.6. The lowest BCUT2D eigenvalue weighted by Crippen LogP contribution is -2.33. The number of hydrogen-bond donors (Lipinski definition) is 2. The van der Waals surface area contributed by atoms with Crippen molar-refractivity contribution in [2.75, 3.05) is 11.5 Å². The van der Waals surface area contributed by atoms with Crippen LogP contribution in [0.25, 0.3) is 0 Å². The Bertz CT molecular complexity index is 1170. The zero-order chi connectivity index (χ0) is 25.2. The molecule has 0 aliphatic carbocycles. The van der Waals surface area contributed by atoms with Gasteiger partial charge < -0.3 is 15.8 Å². The highest BCUT2D eigenvalue weighted by Crippen LogP contribution is 2.55. The molecule has 0 atom stereocenters. The number of nitrogens with one attached hydrogen (secondary N) is 1. The summed E-state index contributed by atoms with van der Waals surface area (Å²) < 4.78 is 5.49. The van der Waals surface area contributed by atoms with Crippen molar-refractivity contribution >= 4 is 40.9 Å². The van der Waals surface area contributed by atoms with Crippen LogP contribution in [0.3, 0.4) is 0 Å². The fourth-order valence-corrected chi connectivity index (χ4v) is 8.84. The maximum atomic E-state index is 12.5. The number of primary amides is 1. The Morgan fingerprint density at radius 3 is 1.58 bits per heavy atom. The molecular formula is C30H30N2O3P+. The van der Waals surface area contributed by atoms with E-state index in [2.05, 4.69) is 96.3 Å². The molecule has 0 spiro atoms. The topological polar surface area (TPSA) is 81.4 Å². The van der Waals surface area contributed by atoms with E-state index in [0.717, 1.165) is 19.0 Å². The van der Waals surface area contributed by atoms with E-state index in [9.17, 15) is 9.59 Å². The van der Waals surface area contributed by atoms with Crippen LogP contribution in [0, 0.1) is 0 Å². The summed E-state index contributed by atoms with van der Waals surface area (Å²) in [7, 11) is -1.89. The van der Waals surface area contributed by atoms with E-state index in [4.69, 9.17) is 10.5 Å². The Balaban J connectivity index is 1.47. The number of urea groups is 1. The average molecular weight is 498 g/mol. The van der Waals surface area contributed by atoms with Gasteiger partial charge in [0.15, 0.2) is 0 Å². The van der Waals surface area contributed by atoms with E-state index in [0.29, 0.717) is 17.9 Å². The van der Waals surface area contributed by atoms with Crippen LogP contribution in [-0.2, 0) is 4.79 Å². The molecule has 0 aromatic heterocycles. The van der Waals surface area contributed by atoms with Crippen molar-refractivity contribution in [3.8, 4) is 5.75 Å². The monoisotopic (exact) mass is 497 g/mol. The van der Waals surface area contributed by atoms with Crippen LogP contribution in [-0.4, -0.2) is 18.2 Å². The van der Waals surface area contributed by atoms with Gasteiger partial charge in [-0.25, -0.2) is 4.79 Å². The minimum atomic E-state index is -1.89. The fraction of sp³-hybridized carbons (Fsp3) is 0.133. The number of ether oxygens (including phenoxy) is 1. The first kappa shape index (κ1) is 25.2. The van der Waals surface area contributed by atoms with Crippen LogP contribution in [0.15, 0.2) is 115 Å². The van der Waals surface area contributed by atoms with E-state index in [1.807, 2.05) is 0 Å². The molecule has 0 radical (unpaired) electrons. The number of unbranched alkanes of at least 4 members (excludes halogenated alkanes) is 1. The number of carbonyl (C=O) groups is 2. The van der Waals surface area contributed by atoms with Crippen molar-refractivity contribution in [3.63, 3.8) is 0 Å². The zero-order valence-corrected chi connectivity index (χ0v) is 20.9. The first-order valence-corrected chi connectivity index (χ1v) is 14.0. The summed E-state index contributed by atoms with van der Waals surface area (Å²) >= 11 is 0. The Morgan fingerprint density at radius 1 is 0.667 bits per heavy atom. The van der Waals surface area contributed by atoms with Crippen LogP contribution >= 0.6 is 7.26 Å². The maximum Gasteiger partial charge on any atom is 0.316 e. The Labute approximate surface area is 212 Å². The number of esters is 1. The van der Waals surface area contributed by atoms with Crippen molar-refractivity contribution in [1.29, 1.82) is 0 Å². The molecule has 5 nitrogen and oxygen atoms in total. The number of amides is 2. The first-order valence-electron chi connectivity index (χ1n) is 12.0. The van der Waals surface area contributed by atoms with E-state index >= 15 is 0 Å². The molecule has 0 fully saturated rings. The van der Waals surface area contributed by atoms with E-state index in [-0.39, 0.29) is 5.97 Å². The number of nitrogens with two attached hydrogens (primary N) is 1. The molecule has 0 unspecified atom stereocenters. The lowest BCUT2D eigenvalue weighted by atomic mass is 10.2. The number of carbonyl (C=O) groups excluding carboxylic acids is 2. The minimum absolute atomic E-state index is 0.270. The second-order valence-electron chi connectivity index (χ2n) is 8.48. The molecule has 0 aliphatic heterocycles. The van der Waals surface area contributed by atoms with Crippen LogP contribution in [0.1, 0.15) is 19.3 Å². The molecule has 36 heavy (non-hydrogen) atoms. The van der Waals surface area contributed by atoms with Crippen LogP contribution in [0.4, 0.5) is 10.5 Å². The van der Waals surface area contributed by atoms with Crippen LogP contribution in [0.2, 0.25) is 0 Å². The Morgan fingerprint density at radius 2 is 1.14 bits per heavy atom. The molecule has 0 heterocycles. The lowest BCUT2D eigenvalue weighted by Gasteiger charge is -2.27. The average Bonchev–Trinajstić information content (AvgIpc) is 2.91. The molecule has 182 valence electrons. The third-order valence-electron chi connectivity index (χ3n) is 6.07. The van der Waals surface area contributed by atoms with Gasteiger partial charge in [-0.1, -0.05) is 54.6 Å². The van der Waals surface area contributed by atoms with Gasteiger partial charge in [0.05, 0.1) is 6.16 Å². The summed E-state index contributed by atoms with van der Waals surface area (Å²) in [5.74, 6) is 0.170.